The van der Waals surface area contributed by atoms with Crippen LogP contribution in [0.4, 0.5) is 0 Å². The van der Waals surface area contributed by atoms with Gasteiger partial charge in [0, 0.05) is 24.6 Å². The van der Waals surface area contributed by atoms with E-state index in [4.69, 9.17) is 9.47 Å². The van der Waals surface area contributed by atoms with Gasteiger partial charge in [-0.3, -0.25) is 9.59 Å². The van der Waals surface area contributed by atoms with Crippen LogP contribution in [0.5, 0.6) is 6.01 Å². The summed E-state index contributed by atoms with van der Waals surface area (Å²) in [6.45, 7) is 1.96. The van der Waals surface area contributed by atoms with Gasteiger partial charge in [-0.1, -0.05) is 6.42 Å². The fraction of sp³-hybridized carbons (Fsp3) is 0.625. The molecule has 118 valence electrons. The van der Waals surface area contributed by atoms with Gasteiger partial charge in [0.25, 0.3) is 0 Å². The summed E-state index contributed by atoms with van der Waals surface area (Å²) >= 11 is 0. The third kappa shape index (κ3) is 2.46. The summed E-state index contributed by atoms with van der Waals surface area (Å²) in [6, 6.07) is 0.295. The molecule has 0 aromatic carbocycles. The number of Topliss-reactive ketones (excluding diaryl/α,β-unsaturated/α-hetero) is 1. The smallest absolute Gasteiger partial charge is 0.316 e. The summed E-state index contributed by atoms with van der Waals surface area (Å²) in [5.41, 5.74) is 0.908. The third-order valence-corrected chi connectivity index (χ3v) is 4.95. The Labute approximate surface area is 129 Å². The highest BCUT2D eigenvalue weighted by atomic mass is 16.5. The van der Waals surface area contributed by atoms with E-state index >= 15 is 0 Å². The monoisotopic (exact) mass is 304 g/mol. The maximum atomic E-state index is 12.6. The van der Waals surface area contributed by atoms with Gasteiger partial charge in [-0.05, 0) is 25.7 Å². The number of carbonyl (C=O) groups excluding carboxylic acids is 2. The van der Waals surface area contributed by atoms with Gasteiger partial charge in [0.1, 0.15) is 12.4 Å². The van der Waals surface area contributed by atoms with Crippen LogP contribution in [0, 0.1) is 18.3 Å². The zero-order valence-electron chi connectivity index (χ0n) is 12.9. The molecule has 0 radical (unpaired) electrons. The number of nitrogens with zero attached hydrogens (tertiary/aromatic N) is 2. The second kappa shape index (κ2) is 5.66. The first-order valence-electron chi connectivity index (χ1n) is 7.60. The van der Waals surface area contributed by atoms with E-state index in [1.54, 1.807) is 6.20 Å². The summed E-state index contributed by atoms with van der Waals surface area (Å²) < 4.78 is 10.5. The molecule has 0 aliphatic heterocycles. The Kier molecular flexibility index (Phi) is 3.85. The Hall–Kier alpha value is -1.98. The van der Waals surface area contributed by atoms with Crippen molar-refractivity contribution in [3.63, 3.8) is 0 Å². The van der Waals surface area contributed by atoms with Gasteiger partial charge in [-0.2, -0.15) is 0 Å². The largest absolute Gasteiger partial charge is 0.467 e. The Bertz CT molecular complexity index is 616. The number of fused-ring (bicyclic) bond motifs is 1. The number of hydrogen-bond donors (Lipinski definition) is 0. The minimum atomic E-state index is -0.571. The predicted molar refractivity (Wildman–Crippen MR) is 77.1 cm³/mol. The fourth-order valence-corrected chi connectivity index (χ4v) is 3.71. The zero-order valence-corrected chi connectivity index (χ0v) is 12.9. The molecule has 0 spiro atoms. The number of hydrogen-bond acceptors (Lipinski definition) is 6. The summed E-state index contributed by atoms with van der Waals surface area (Å²) in [5, 5.41) is 0. The van der Waals surface area contributed by atoms with Gasteiger partial charge >= 0.3 is 12.0 Å². The van der Waals surface area contributed by atoms with Crippen molar-refractivity contribution < 1.29 is 19.1 Å². The molecule has 6 nitrogen and oxygen atoms in total. The molecule has 6 heteroatoms. The number of methoxy groups -OCH3 is 1. The second-order valence-corrected chi connectivity index (χ2v) is 6.21. The number of ketones is 1. The molecule has 0 saturated heterocycles. The van der Waals surface area contributed by atoms with Crippen LogP contribution in [0.3, 0.4) is 0 Å². The van der Waals surface area contributed by atoms with Crippen LogP contribution in [-0.4, -0.2) is 28.8 Å². The number of esters is 1. The van der Waals surface area contributed by atoms with E-state index < -0.39 is 5.41 Å². The van der Waals surface area contributed by atoms with E-state index in [1.165, 1.54) is 7.11 Å². The molecule has 1 heterocycles. The Morgan fingerprint density at radius 1 is 1.50 bits per heavy atom. The maximum Gasteiger partial charge on any atom is 0.316 e. The van der Waals surface area contributed by atoms with Gasteiger partial charge < -0.3 is 9.47 Å². The Morgan fingerprint density at radius 2 is 2.32 bits per heavy atom. The molecule has 2 aliphatic rings. The lowest BCUT2D eigenvalue weighted by molar-refractivity contribution is -0.159. The van der Waals surface area contributed by atoms with Crippen molar-refractivity contribution in [2.45, 2.75) is 45.6 Å². The first kappa shape index (κ1) is 14.9. The van der Waals surface area contributed by atoms with E-state index in [9.17, 15) is 9.59 Å². The summed E-state index contributed by atoms with van der Waals surface area (Å²) in [4.78, 5) is 32.5. The SMILES string of the molecule is COc1ncc(COC(=O)[C@]23CCC[C@H]2CC(=O)C3)c(C)n1. The molecule has 0 amide bonds. The quantitative estimate of drug-likeness (QED) is 0.792. The molecule has 22 heavy (non-hydrogen) atoms. The van der Waals surface area contributed by atoms with Crippen molar-refractivity contribution in [2.75, 3.05) is 7.11 Å². The van der Waals surface area contributed by atoms with Gasteiger partial charge in [0.2, 0.25) is 0 Å². The highest BCUT2D eigenvalue weighted by Crippen LogP contribution is 2.53. The van der Waals surface area contributed by atoms with Gasteiger partial charge in [-0.15, -0.1) is 0 Å². The van der Waals surface area contributed by atoms with Crippen LogP contribution in [0.25, 0.3) is 0 Å². The lowest BCUT2D eigenvalue weighted by Gasteiger charge is -2.25. The second-order valence-electron chi connectivity index (χ2n) is 6.21. The zero-order chi connectivity index (χ0) is 15.7. The van der Waals surface area contributed by atoms with Crippen molar-refractivity contribution in [2.24, 2.45) is 11.3 Å². The molecule has 1 aromatic rings. The molecular formula is C16H20N2O4. The lowest BCUT2D eigenvalue weighted by Crippen LogP contribution is -2.33. The molecular weight excluding hydrogens is 284 g/mol. The van der Waals surface area contributed by atoms with Gasteiger partial charge in [0.15, 0.2) is 0 Å². The van der Waals surface area contributed by atoms with Crippen molar-refractivity contribution in [1.29, 1.82) is 0 Å². The van der Waals surface area contributed by atoms with Crippen LogP contribution in [0.2, 0.25) is 0 Å². The summed E-state index contributed by atoms with van der Waals surface area (Å²) in [6.07, 6.45) is 5.19. The van der Waals surface area contributed by atoms with Crippen LogP contribution in [-0.2, 0) is 20.9 Å². The van der Waals surface area contributed by atoms with Gasteiger partial charge in [0.05, 0.1) is 18.2 Å². The lowest BCUT2D eigenvalue weighted by atomic mass is 9.80. The van der Waals surface area contributed by atoms with E-state index in [-0.39, 0.29) is 24.3 Å². The van der Waals surface area contributed by atoms with E-state index in [2.05, 4.69) is 9.97 Å². The van der Waals surface area contributed by atoms with E-state index in [0.717, 1.165) is 30.5 Å². The number of carbonyl (C=O) groups is 2. The van der Waals surface area contributed by atoms with E-state index in [0.29, 0.717) is 18.9 Å². The van der Waals surface area contributed by atoms with Crippen molar-refractivity contribution in [1.82, 2.24) is 9.97 Å². The molecule has 2 atom stereocenters. The minimum absolute atomic E-state index is 0.136. The fourth-order valence-electron chi connectivity index (χ4n) is 3.71. The van der Waals surface area contributed by atoms with Crippen LogP contribution in [0.1, 0.15) is 43.4 Å². The van der Waals surface area contributed by atoms with Crippen LogP contribution in [0.15, 0.2) is 6.20 Å². The normalized spacial score (nSPS) is 26.8. The predicted octanol–water partition coefficient (Wildman–Crippen LogP) is 1.99. The highest BCUT2D eigenvalue weighted by Gasteiger charge is 2.55. The molecule has 0 N–H and O–H groups in total. The molecule has 0 unspecified atom stereocenters. The molecule has 2 fully saturated rings. The average Bonchev–Trinajstić information content (AvgIpc) is 3.02. The summed E-state index contributed by atoms with van der Waals surface area (Å²) in [5.74, 6) is 0.113. The first-order chi connectivity index (χ1) is 10.5. The molecule has 1 aromatic heterocycles. The van der Waals surface area contributed by atoms with E-state index in [1.807, 2.05) is 6.92 Å². The standard InChI is InChI=1S/C16H20N2O4/c1-10-11(8-17-15(18-10)21-2)9-22-14(20)16-5-3-4-12(16)6-13(19)7-16/h8,12H,3-7,9H2,1-2H3/t12-,16-/m0/s1. The highest BCUT2D eigenvalue weighted by molar-refractivity contribution is 5.91. The topological polar surface area (TPSA) is 78.4 Å². The van der Waals surface area contributed by atoms with Crippen LogP contribution < -0.4 is 4.74 Å². The van der Waals surface area contributed by atoms with Crippen molar-refractivity contribution in [3.8, 4) is 6.01 Å². The molecule has 3 rings (SSSR count). The average molecular weight is 304 g/mol. The third-order valence-electron chi connectivity index (χ3n) is 4.95. The minimum Gasteiger partial charge on any atom is -0.467 e. The number of ether oxygens (including phenoxy) is 2. The molecule has 2 aliphatic carbocycles. The number of aryl methyl sites for hydroxylation is 1. The van der Waals surface area contributed by atoms with Crippen molar-refractivity contribution >= 4 is 11.8 Å². The first-order valence-corrected chi connectivity index (χ1v) is 7.60. The Balaban J connectivity index is 1.69. The maximum absolute atomic E-state index is 12.6. The molecule has 0 bridgehead atoms. The molecule has 2 saturated carbocycles. The van der Waals surface area contributed by atoms with Crippen molar-refractivity contribution in [3.05, 3.63) is 17.5 Å². The summed E-state index contributed by atoms with van der Waals surface area (Å²) in [7, 11) is 1.50. The Morgan fingerprint density at radius 3 is 3.05 bits per heavy atom. The number of aromatic nitrogens is 2. The van der Waals surface area contributed by atoms with Crippen LogP contribution >= 0.6 is 0 Å². The number of rotatable bonds is 4. The van der Waals surface area contributed by atoms with Gasteiger partial charge in [-0.25, -0.2) is 9.97 Å².